The van der Waals surface area contributed by atoms with Gasteiger partial charge in [0.2, 0.25) is 15.6 Å². The van der Waals surface area contributed by atoms with Crippen LogP contribution in [0.1, 0.15) is 25.0 Å². The third kappa shape index (κ3) is 2.20. The molecule has 2 aromatic carbocycles. The first-order valence-corrected chi connectivity index (χ1v) is 9.91. The molecule has 5 heteroatoms. The van der Waals surface area contributed by atoms with Crippen molar-refractivity contribution in [2.24, 2.45) is 0 Å². The molecular weight excluding hydrogens is 346 g/mol. The zero-order valence-electron chi connectivity index (χ0n) is 14.9. The summed E-state index contributed by atoms with van der Waals surface area (Å²) in [5.41, 5.74) is 2.25. The molecule has 4 nitrogen and oxygen atoms in total. The number of anilines is 1. The summed E-state index contributed by atoms with van der Waals surface area (Å²) in [6.45, 7) is 5.43. The Bertz CT molecular complexity index is 1090. The van der Waals surface area contributed by atoms with E-state index < -0.39 is 15.4 Å². The van der Waals surface area contributed by atoms with Gasteiger partial charge in [-0.1, -0.05) is 42.0 Å². The van der Waals surface area contributed by atoms with Gasteiger partial charge in [-0.25, -0.2) is 8.42 Å². The number of ketones is 1. The zero-order chi connectivity index (χ0) is 18.7. The highest BCUT2D eigenvalue weighted by molar-refractivity contribution is 7.96. The number of carbonyl (C=O) groups excluding carboxylic acids is 1. The molecule has 4 rings (SSSR count). The standard InChI is InChI=1S/C21H19NO3S/c1-14-8-11-16(12-9-14)26(24,25)19-18-13-10-15-6-4-5-7-17(15)22(18)21(2,3)20(19)23/h4-13H,1-3H3. The van der Waals surface area contributed by atoms with Crippen LogP contribution >= 0.6 is 0 Å². The molecule has 0 amide bonds. The normalized spacial score (nSPS) is 18.1. The number of sulfone groups is 1. The van der Waals surface area contributed by atoms with Gasteiger partial charge in [0.15, 0.2) is 0 Å². The van der Waals surface area contributed by atoms with E-state index in [-0.39, 0.29) is 15.6 Å². The molecule has 0 fully saturated rings. The molecule has 0 radical (unpaired) electrons. The van der Waals surface area contributed by atoms with Gasteiger partial charge in [0.25, 0.3) is 0 Å². The smallest absolute Gasteiger partial charge is 0.212 e. The van der Waals surface area contributed by atoms with E-state index in [0.717, 1.165) is 16.8 Å². The van der Waals surface area contributed by atoms with Crippen molar-refractivity contribution in [3.8, 4) is 0 Å². The lowest BCUT2D eigenvalue weighted by Crippen LogP contribution is -2.45. The number of benzene rings is 2. The average Bonchev–Trinajstić information content (AvgIpc) is 2.82. The minimum absolute atomic E-state index is 0.128. The van der Waals surface area contributed by atoms with Gasteiger partial charge in [0.1, 0.15) is 10.4 Å². The lowest BCUT2D eigenvalue weighted by molar-refractivity contribution is -0.117. The maximum absolute atomic E-state index is 13.3. The van der Waals surface area contributed by atoms with Crippen LogP contribution in [0.3, 0.4) is 0 Å². The molecule has 0 aliphatic carbocycles. The lowest BCUT2D eigenvalue weighted by atomic mass is 9.97. The van der Waals surface area contributed by atoms with Gasteiger partial charge in [0.05, 0.1) is 10.6 Å². The summed E-state index contributed by atoms with van der Waals surface area (Å²) in [4.78, 5) is 15.0. The molecule has 0 saturated carbocycles. The van der Waals surface area contributed by atoms with E-state index in [4.69, 9.17) is 0 Å². The van der Waals surface area contributed by atoms with E-state index in [1.54, 1.807) is 44.2 Å². The van der Waals surface area contributed by atoms with Crippen molar-refractivity contribution in [3.63, 3.8) is 0 Å². The number of allylic oxidation sites excluding steroid dienone is 1. The molecule has 0 atom stereocenters. The predicted molar refractivity (Wildman–Crippen MR) is 102 cm³/mol. The van der Waals surface area contributed by atoms with Crippen molar-refractivity contribution in [3.05, 3.63) is 76.3 Å². The summed E-state index contributed by atoms with van der Waals surface area (Å²) in [6.07, 6.45) is 3.59. The molecule has 0 N–H and O–H groups in total. The molecule has 132 valence electrons. The largest absolute Gasteiger partial charge is 0.327 e. The summed E-state index contributed by atoms with van der Waals surface area (Å²) in [5.74, 6) is -0.380. The van der Waals surface area contributed by atoms with Gasteiger partial charge in [-0.2, -0.15) is 0 Å². The Kier molecular flexibility index (Phi) is 3.50. The molecule has 2 aliphatic rings. The van der Waals surface area contributed by atoms with Crippen LogP contribution in [0.4, 0.5) is 5.69 Å². The fraction of sp³-hybridized carbons (Fsp3) is 0.190. The van der Waals surface area contributed by atoms with Crippen molar-refractivity contribution in [2.45, 2.75) is 31.2 Å². The van der Waals surface area contributed by atoms with Crippen LogP contribution in [0.25, 0.3) is 6.08 Å². The number of Topliss-reactive ketones (excluding diaryl/α,β-unsaturated/α-hetero) is 1. The maximum Gasteiger partial charge on any atom is 0.212 e. The third-order valence-electron chi connectivity index (χ3n) is 4.99. The lowest BCUT2D eigenvalue weighted by Gasteiger charge is -2.36. The minimum atomic E-state index is -3.91. The van der Waals surface area contributed by atoms with Crippen LogP contribution in [0.15, 0.2) is 70.1 Å². The second kappa shape index (κ2) is 5.42. The molecule has 0 aromatic heterocycles. The van der Waals surface area contributed by atoms with E-state index in [9.17, 15) is 13.2 Å². The number of carbonyl (C=O) groups is 1. The summed E-state index contributed by atoms with van der Waals surface area (Å²) < 4.78 is 26.5. The molecule has 0 saturated heterocycles. The first-order chi connectivity index (χ1) is 12.2. The van der Waals surface area contributed by atoms with Gasteiger partial charge >= 0.3 is 0 Å². The molecule has 2 aliphatic heterocycles. The van der Waals surface area contributed by atoms with E-state index in [1.807, 2.05) is 42.2 Å². The van der Waals surface area contributed by atoms with Gasteiger partial charge in [-0.15, -0.1) is 0 Å². The Labute approximate surface area is 153 Å². The van der Waals surface area contributed by atoms with E-state index in [0.29, 0.717) is 5.70 Å². The SMILES string of the molecule is Cc1ccc(S(=O)(=O)C2=C3C=Cc4ccccc4N3C(C)(C)C2=O)cc1. The average molecular weight is 365 g/mol. The second-order valence-electron chi connectivity index (χ2n) is 7.15. The minimum Gasteiger partial charge on any atom is -0.327 e. The number of hydrogen-bond acceptors (Lipinski definition) is 4. The quantitative estimate of drug-likeness (QED) is 0.811. The molecule has 0 spiro atoms. The van der Waals surface area contributed by atoms with Gasteiger partial charge in [0, 0.05) is 5.69 Å². The third-order valence-corrected chi connectivity index (χ3v) is 6.82. The number of nitrogens with zero attached hydrogens (tertiary/aromatic N) is 1. The first kappa shape index (κ1) is 16.8. The van der Waals surface area contributed by atoms with Crippen molar-refractivity contribution in [1.29, 1.82) is 0 Å². The summed E-state index contributed by atoms with van der Waals surface area (Å²) in [6, 6.07) is 14.3. The van der Waals surface area contributed by atoms with Crippen molar-refractivity contribution in [1.82, 2.24) is 0 Å². The Morgan fingerprint density at radius 3 is 2.27 bits per heavy atom. The van der Waals surface area contributed by atoms with Gasteiger partial charge < -0.3 is 4.90 Å². The highest BCUT2D eigenvalue weighted by atomic mass is 32.2. The Balaban J connectivity index is 1.97. The molecule has 26 heavy (non-hydrogen) atoms. The molecular formula is C21H19NO3S. The van der Waals surface area contributed by atoms with Crippen LogP contribution in [0, 0.1) is 6.92 Å². The topological polar surface area (TPSA) is 54.5 Å². The number of aryl methyl sites for hydroxylation is 1. The first-order valence-electron chi connectivity index (χ1n) is 8.43. The van der Waals surface area contributed by atoms with Crippen molar-refractivity contribution in [2.75, 3.05) is 4.90 Å². The fourth-order valence-corrected chi connectivity index (χ4v) is 5.23. The Hall–Kier alpha value is -2.66. The monoisotopic (exact) mass is 365 g/mol. The Morgan fingerprint density at radius 1 is 0.923 bits per heavy atom. The highest BCUT2D eigenvalue weighted by Crippen LogP contribution is 2.46. The second-order valence-corrected chi connectivity index (χ2v) is 9.03. The van der Waals surface area contributed by atoms with Crippen LogP contribution in [0.2, 0.25) is 0 Å². The van der Waals surface area contributed by atoms with Crippen molar-refractivity contribution >= 4 is 27.4 Å². The molecule has 0 bridgehead atoms. The van der Waals surface area contributed by atoms with Crippen LogP contribution in [-0.2, 0) is 14.6 Å². The van der Waals surface area contributed by atoms with E-state index >= 15 is 0 Å². The van der Waals surface area contributed by atoms with E-state index in [2.05, 4.69) is 0 Å². The molecule has 2 heterocycles. The maximum atomic E-state index is 13.3. The molecule has 0 unspecified atom stereocenters. The summed E-state index contributed by atoms with van der Waals surface area (Å²) >= 11 is 0. The van der Waals surface area contributed by atoms with Gasteiger partial charge in [-0.3, -0.25) is 4.79 Å². The number of hydrogen-bond donors (Lipinski definition) is 0. The van der Waals surface area contributed by atoms with Crippen molar-refractivity contribution < 1.29 is 13.2 Å². The highest BCUT2D eigenvalue weighted by Gasteiger charge is 2.51. The predicted octanol–water partition coefficient (Wildman–Crippen LogP) is 3.88. The zero-order valence-corrected chi connectivity index (χ0v) is 15.7. The van der Waals surface area contributed by atoms with Crippen LogP contribution in [0.5, 0.6) is 0 Å². The van der Waals surface area contributed by atoms with Gasteiger partial charge in [-0.05, 0) is 50.6 Å². The summed E-state index contributed by atoms with van der Waals surface area (Å²) in [5, 5.41) is 0. The number of fused-ring (bicyclic) bond motifs is 3. The number of rotatable bonds is 2. The van der Waals surface area contributed by atoms with Crippen LogP contribution in [-0.4, -0.2) is 19.7 Å². The molecule has 2 aromatic rings. The van der Waals surface area contributed by atoms with Crippen LogP contribution < -0.4 is 4.90 Å². The fourth-order valence-electron chi connectivity index (χ4n) is 3.58. The van der Waals surface area contributed by atoms with E-state index in [1.165, 1.54) is 0 Å². The Morgan fingerprint density at radius 2 is 1.58 bits per heavy atom. The summed E-state index contributed by atoms with van der Waals surface area (Å²) in [7, 11) is -3.91. The number of para-hydroxylation sites is 1.